The second kappa shape index (κ2) is 6.81. The Labute approximate surface area is 160 Å². The van der Waals surface area contributed by atoms with E-state index in [1.807, 2.05) is 24.3 Å². The molecule has 3 N–H and O–H groups in total. The Hall–Kier alpha value is -3.67. The number of allylic oxidation sites excluding steroid dienone is 1. The van der Waals surface area contributed by atoms with Crippen molar-refractivity contribution in [2.24, 2.45) is 5.14 Å². The van der Waals surface area contributed by atoms with Crippen LogP contribution < -0.4 is 5.14 Å². The molecule has 7 nitrogen and oxygen atoms in total. The van der Waals surface area contributed by atoms with E-state index in [2.05, 4.69) is 16.0 Å². The highest BCUT2D eigenvalue weighted by atomic mass is 32.2. The molecule has 0 aliphatic carbocycles. The van der Waals surface area contributed by atoms with Gasteiger partial charge in [-0.1, -0.05) is 12.1 Å². The first kappa shape index (κ1) is 17.7. The van der Waals surface area contributed by atoms with Crippen molar-refractivity contribution in [3.8, 4) is 17.4 Å². The van der Waals surface area contributed by atoms with E-state index in [1.165, 1.54) is 12.1 Å². The summed E-state index contributed by atoms with van der Waals surface area (Å²) in [6.45, 7) is 0. The minimum absolute atomic E-state index is 0.0274. The van der Waals surface area contributed by atoms with Crippen molar-refractivity contribution < 1.29 is 12.8 Å². The van der Waals surface area contributed by atoms with E-state index in [-0.39, 0.29) is 4.90 Å². The lowest BCUT2D eigenvalue weighted by molar-refractivity contribution is 0.571. The predicted molar refractivity (Wildman–Crippen MR) is 105 cm³/mol. The minimum atomic E-state index is -3.74. The summed E-state index contributed by atoms with van der Waals surface area (Å²) in [5, 5.41) is 14.6. The Morgan fingerprint density at radius 1 is 1.11 bits per heavy atom. The van der Waals surface area contributed by atoms with Crippen molar-refractivity contribution in [2.75, 3.05) is 0 Å². The smallest absolute Gasteiger partial charge is 0.238 e. The number of para-hydroxylation sites is 2. The van der Waals surface area contributed by atoms with Crippen molar-refractivity contribution in [3.63, 3.8) is 0 Å². The molecule has 0 aliphatic heterocycles. The van der Waals surface area contributed by atoms with Gasteiger partial charge in [-0.15, -0.1) is 0 Å². The molecule has 28 heavy (non-hydrogen) atoms. The fourth-order valence-electron chi connectivity index (χ4n) is 2.77. The van der Waals surface area contributed by atoms with Gasteiger partial charge in [-0.05, 0) is 48.5 Å². The van der Waals surface area contributed by atoms with Gasteiger partial charge in [0.2, 0.25) is 10.0 Å². The standard InChI is InChI=1S/C20H14N4O3S/c21-12-14(20-23-17-3-1-2-4-18(17)24-20)11-15-7-10-19(27-15)13-5-8-16(9-6-13)28(22,25)26/h1-11H,(H,23,24)(H2,22,25,26). The highest BCUT2D eigenvalue weighted by molar-refractivity contribution is 7.89. The summed E-state index contributed by atoms with van der Waals surface area (Å²) in [7, 11) is -3.74. The summed E-state index contributed by atoms with van der Waals surface area (Å²) in [6, 6.07) is 19.2. The van der Waals surface area contributed by atoms with E-state index in [9.17, 15) is 13.7 Å². The summed E-state index contributed by atoms with van der Waals surface area (Å²) < 4.78 is 28.5. The highest BCUT2D eigenvalue weighted by Gasteiger charge is 2.11. The average molecular weight is 390 g/mol. The Balaban J connectivity index is 1.65. The van der Waals surface area contributed by atoms with Crippen LogP contribution in [0.1, 0.15) is 11.6 Å². The number of benzene rings is 2. The number of hydrogen-bond donors (Lipinski definition) is 2. The van der Waals surface area contributed by atoms with Crippen LogP contribution in [-0.2, 0) is 10.0 Å². The first-order valence-electron chi connectivity index (χ1n) is 8.24. The van der Waals surface area contributed by atoms with E-state index in [4.69, 9.17) is 9.56 Å². The van der Waals surface area contributed by atoms with Gasteiger partial charge in [0, 0.05) is 11.6 Å². The molecule has 0 radical (unpaired) electrons. The Morgan fingerprint density at radius 3 is 2.54 bits per heavy atom. The molecule has 0 aliphatic rings. The number of aromatic nitrogens is 2. The number of primary sulfonamides is 1. The van der Waals surface area contributed by atoms with E-state index in [0.717, 1.165) is 11.0 Å². The lowest BCUT2D eigenvalue weighted by atomic mass is 10.2. The van der Waals surface area contributed by atoms with E-state index < -0.39 is 10.0 Å². The van der Waals surface area contributed by atoms with Crippen molar-refractivity contribution >= 4 is 32.7 Å². The zero-order valence-corrected chi connectivity index (χ0v) is 15.3. The van der Waals surface area contributed by atoms with Gasteiger partial charge in [-0.2, -0.15) is 5.26 Å². The number of hydrogen-bond acceptors (Lipinski definition) is 5. The molecule has 0 amide bonds. The number of nitrogens with one attached hydrogen (secondary N) is 1. The number of nitrogens with two attached hydrogens (primary N) is 1. The van der Waals surface area contributed by atoms with Crippen molar-refractivity contribution in [1.29, 1.82) is 5.26 Å². The van der Waals surface area contributed by atoms with Crippen LogP contribution in [0.3, 0.4) is 0 Å². The molecule has 0 unspecified atom stereocenters. The molecular weight excluding hydrogens is 376 g/mol. The van der Waals surface area contributed by atoms with Crippen LogP contribution >= 0.6 is 0 Å². The molecule has 2 heterocycles. The predicted octanol–water partition coefficient (Wildman–Crippen LogP) is 3.53. The van der Waals surface area contributed by atoms with Gasteiger partial charge >= 0.3 is 0 Å². The molecular formula is C20H14N4O3S. The fraction of sp³-hybridized carbons (Fsp3) is 0. The lowest BCUT2D eigenvalue weighted by Gasteiger charge is -2.00. The van der Waals surface area contributed by atoms with E-state index >= 15 is 0 Å². The van der Waals surface area contributed by atoms with Gasteiger partial charge in [0.15, 0.2) is 0 Å². The number of imidazole rings is 1. The van der Waals surface area contributed by atoms with Crippen LogP contribution in [0.2, 0.25) is 0 Å². The van der Waals surface area contributed by atoms with Gasteiger partial charge in [-0.3, -0.25) is 0 Å². The summed E-state index contributed by atoms with van der Waals surface area (Å²) in [5.41, 5.74) is 2.64. The van der Waals surface area contributed by atoms with Crippen LogP contribution in [0.25, 0.3) is 34.0 Å². The second-order valence-electron chi connectivity index (χ2n) is 6.04. The third-order valence-electron chi connectivity index (χ3n) is 4.15. The largest absolute Gasteiger partial charge is 0.457 e. The molecule has 8 heteroatoms. The SMILES string of the molecule is N#CC(=Cc1ccc(-c2ccc(S(N)(=O)=O)cc2)o1)c1nc2ccccc2[nH]1. The molecule has 4 rings (SSSR count). The zero-order valence-electron chi connectivity index (χ0n) is 14.5. The number of fused-ring (bicyclic) bond motifs is 1. The summed E-state index contributed by atoms with van der Waals surface area (Å²) in [4.78, 5) is 7.56. The Kier molecular flexibility index (Phi) is 4.31. The fourth-order valence-corrected chi connectivity index (χ4v) is 3.29. The first-order chi connectivity index (χ1) is 13.4. The van der Waals surface area contributed by atoms with Crippen LogP contribution in [0, 0.1) is 11.3 Å². The summed E-state index contributed by atoms with van der Waals surface area (Å²) >= 11 is 0. The second-order valence-corrected chi connectivity index (χ2v) is 7.61. The topological polar surface area (TPSA) is 126 Å². The Bertz CT molecular complexity index is 1310. The van der Waals surface area contributed by atoms with Gasteiger partial charge in [-0.25, -0.2) is 18.5 Å². The quantitative estimate of drug-likeness (QED) is 0.516. The van der Waals surface area contributed by atoms with E-state index in [1.54, 1.807) is 30.3 Å². The molecule has 0 fully saturated rings. The molecule has 0 atom stereocenters. The maximum absolute atomic E-state index is 11.3. The minimum Gasteiger partial charge on any atom is -0.457 e. The molecule has 0 saturated heterocycles. The van der Waals surface area contributed by atoms with Crippen molar-refractivity contribution in [3.05, 3.63) is 72.2 Å². The normalized spacial score (nSPS) is 12.2. The molecule has 2 aromatic heterocycles. The van der Waals surface area contributed by atoms with Gasteiger partial charge in [0.25, 0.3) is 0 Å². The van der Waals surface area contributed by atoms with Crippen molar-refractivity contribution in [1.82, 2.24) is 9.97 Å². The Morgan fingerprint density at radius 2 is 1.86 bits per heavy atom. The maximum Gasteiger partial charge on any atom is 0.238 e. The third kappa shape index (κ3) is 3.44. The lowest BCUT2D eigenvalue weighted by Crippen LogP contribution is -2.11. The highest BCUT2D eigenvalue weighted by Crippen LogP contribution is 2.26. The molecule has 0 saturated carbocycles. The molecule has 0 spiro atoms. The number of aromatic amines is 1. The number of furan rings is 1. The van der Waals surface area contributed by atoms with Gasteiger partial charge in [0.1, 0.15) is 23.4 Å². The maximum atomic E-state index is 11.3. The number of sulfonamides is 1. The van der Waals surface area contributed by atoms with Crippen molar-refractivity contribution in [2.45, 2.75) is 4.90 Å². The van der Waals surface area contributed by atoms with Crippen LogP contribution in [0.15, 0.2) is 70.0 Å². The third-order valence-corrected chi connectivity index (χ3v) is 5.07. The molecule has 2 aromatic carbocycles. The van der Waals surface area contributed by atoms with Crippen LogP contribution in [-0.4, -0.2) is 18.4 Å². The average Bonchev–Trinajstić information content (AvgIpc) is 3.32. The zero-order chi connectivity index (χ0) is 19.7. The van der Waals surface area contributed by atoms with Crippen LogP contribution in [0.5, 0.6) is 0 Å². The van der Waals surface area contributed by atoms with Gasteiger partial charge in [0.05, 0.1) is 21.5 Å². The molecule has 4 aromatic rings. The summed E-state index contributed by atoms with van der Waals surface area (Å²) in [6.07, 6.45) is 1.60. The summed E-state index contributed by atoms with van der Waals surface area (Å²) in [5.74, 6) is 1.47. The molecule has 0 bridgehead atoms. The van der Waals surface area contributed by atoms with Gasteiger partial charge < -0.3 is 9.40 Å². The number of H-pyrrole nitrogens is 1. The van der Waals surface area contributed by atoms with E-state index in [0.29, 0.717) is 28.5 Å². The number of rotatable bonds is 4. The first-order valence-corrected chi connectivity index (χ1v) is 9.79. The molecule has 138 valence electrons. The monoisotopic (exact) mass is 390 g/mol. The van der Waals surface area contributed by atoms with Crippen LogP contribution in [0.4, 0.5) is 0 Å². The number of nitrogens with zero attached hydrogens (tertiary/aromatic N) is 2. The number of nitriles is 1.